The number of hydrogen-bond acceptors (Lipinski definition) is 4. The van der Waals surface area contributed by atoms with Gasteiger partial charge >= 0.3 is 0 Å². The van der Waals surface area contributed by atoms with Gasteiger partial charge in [0.25, 0.3) is 11.3 Å². The lowest BCUT2D eigenvalue weighted by Gasteiger charge is -2.44. The van der Waals surface area contributed by atoms with E-state index in [0.717, 1.165) is 41.7 Å². The minimum Gasteiger partial charge on any atom is -0.264 e. The van der Waals surface area contributed by atoms with Crippen LogP contribution in [0.5, 0.6) is 0 Å². The van der Waals surface area contributed by atoms with Crippen LogP contribution in [0.25, 0.3) is 0 Å². The molecule has 1 saturated carbocycles. The van der Waals surface area contributed by atoms with Gasteiger partial charge in [0.15, 0.2) is 0 Å². The quantitative estimate of drug-likeness (QED) is 0.179. The Bertz CT molecular complexity index is 1510. The second kappa shape index (κ2) is 14.2. The van der Waals surface area contributed by atoms with Crippen molar-refractivity contribution >= 4 is 38.6 Å². The van der Waals surface area contributed by atoms with Crippen LogP contribution in [0, 0.1) is 12.8 Å². The van der Waals surface area contributed by atoms with Gasteiger partial charge in [-0.05, 0) is 80.3 Å². The van der Waals surface area contributed by atoms with Crippen LogP contribution in [0.3, 0.4) is 0 Å². The summed E-state index contributed by atoms with van der Waals surface area (Å²) in [7, 11) is -3.94. The summed E-state index contributed by atoms with van der Waals surface area (Å²) in [6, 6.07) is 23.1. The lowest BCUT2D eigenvalue weighted by Crippen LogP contribution is -2.48. The Labute approximate surface area is 265 Å². The van der Waals surface area contributed by atoms with Crippen molar-refractivity contribution < 1.29 is 16.8 Å². The molecule has 0 aromatic heterocycles. The molecule has 0 spiro atoms. The van der Waals surface area contributed by atoms with Crippen LogP contribution in [0.4, 0.5) is 0 Å². The number of nitrogens with zero attached hydrogens (tertiary/aromatic N) is 1. The minimum atomic E-state index is -3.94. The SMILES string of the molecule is CCC(CC)(O[S@@](=O)N=C(CC(C)C)C1(c2ccc(Cl)cc2)CCC1)[C@H](NS(=O)(=O)c1ccc(C)cc1)c1ccccc1. The van der Waals surface area contributed by atoms with Crippen molar-refractivity contribution in [3.8, 4) is 0 Å². The van der Waals surface area contributed by atoms with Gasteiger partial charge in [0.05, 0.1) is 10.9 Å². The van der Waals surface area contributed by atoms with E-state index in [0.29, 0.717) is 30.2 Å². The van der Waals surface area contributed by atoms with Crippen molar-refractivity contribution in [1.29, 1.82) is 0 Å². The lowest BCUT2D eigenvalue weighted by atomic mass is 9.60. The summed E-state index contributed by atoms with van der Waals surface area (Å²) < 4.78 is 55.4. The van der Waals surface area contributed by atoms with Crippen LogP contribution >= 0.6 is 11.6 Å². The summed E-state index contributed by atoms with van der Waals surface area (Å²) >= 11 is 4.13. The molecule has 0 unspecified atom stereocenters. The van der Waals surface area contributed by atoms with Gasteiger partial charge in [0.1, 0.15) is 5.60 Å². The Balaban J connectivity index is 1.74. The molecule has 1 aliphatic rings. The molecule has 9 heteroatoms. The Hall–Kier alpha value is -2.36. The van der Waals surface area contributed by atoms with Crippen LogP contribution in [0.15, 0.2) is 88.2 Å². The van der Waals surface area contributed by atoms with Gasteiger partial charge in [0, 0.05) is 16.1 Å². The van der Waals surface area contributed by atoms with E-state index < -0.39 is 32.9 Å². The zero-order valence-corrected chi connectivity index (χ0v) is 28.1. The molecule has 0 radical (unpaired) electrons. The average Bonchev–Trinajstić information content (AvgIpc) is 2.95. The number of halogens is 1. The molecule has 0 aliphatic heterocycles. The van der Waals surface area contributed by atoms with Crippen LogP contribution in [-0.2, 0) is 30.9 Å². The molecule has 0 heterocycles. The molecule has 4 rings (SSSR count). The predicted octanol–water partition coefficient (Wildman–Crippen LogP) is 8.43. The third kappa shape index (κ3) is 7.66. The molecule has 0 bridgehead atoms. The van der Waals surface area contributed by atoms with E-state index in [-0.39, 0.29) is 10.3 Å². The van der Waals surface area contributed by atoms with Crippen molar-refractivity contribution in [2.45, 2.75) is 95.1 Å². The third-order valence-corrected chi connectivity index (χ3v) is 11.2. The molecule has 3 aromatic rings. The molecular weight excluding hydrogens is 600 g/mol. The Morgan fingerprint density at radius 2 is 1.60 bits per heavy atom. The maximum absolute atomic E-state index is 14.0. The summed E-state index contributed by atoms with van der Waals surface area (Å²) in [5.41, 5.74) is 2.20. The number of aryl methyl sites for hydroxylation is 1. The Morgan fingerprint density at radius 1 is 1.00 bits per heavy atom. The van der Waals surface area contributed by atoms with Crippen LogP contribution in [-0.4, -0.2) is 23.9 Å². The molecule has 3 aromatic carbocycles. The molecule has 6 nitrogen and oxygen atoms in total. The normalized spacial score (nSPS) is 17.0. The van der Waals surface area contributed by atoms with Gasteiger partial charge in [-0.1, -0.05) is 106 Å². The number of nitrogens with one attached hydrogen (secondary N) is 1. The van der Waals surface area contributed by atoms with Gasteiger partial charge in [-0.2, -0.15) is 4.40 Å². The topological polar surface area (TPSA) is 84.8 Å². The van der Waals surface area contributed by atoms with E-state index in [2.05, 4.69) is 18.6 Å². The minimum absolute atomic E-state index is 0.161. The number of rotatable bonds is 14. The summed E-state index contributed by atoms with van der Waals surface area (Å²) in [6.45, 7) is 10.0. The van der Waals surface area contributed by atoms with Crippen molar-refractivity contribution in [1.82, 2.24) is 4.72 Å². The van der Waals surface area contributed by atoms with Crippen molar-refractivity contribution in [3.63, 3.8) is 0 Å². The highest BCUT2D eigenvalue weighted by molar-refractivity contribution is 7.89. The van der Waals surface area contributed by atoms with Crippen LogP contribution < -0.4 is 4.72 Å². The summed E-state index contributed by atoms with van der Waals surface area (Å²) in [6.07, 6.45) is 4.36. The number of hydrogen-bond donors (Lipinski definition) is 1. The van der Waals surface area contributed by atoms with E-state index in [1.54, 1.807) is 24.3 Å². The zero-order chi connectivity index (χ0) is 31.3. The second-order valence-electron chi connectivity index (χ2n) is 11.9. The molecule has 1 fully saturated rings. The summed E-state index contributed by atoms with van der Waals surface area (Å²) in [4.78, 5) is 0.161. The maximum atomic E-state index is 14.0. The van der Waals surface area contributed by atoms with E-state index in [1.165, 1.54) is 0 Å². The second-order valence-corrected chi connectivity index (χ2v) is 14.9. The van der Waals surface area contributed by atoms with Gasteiger partial charge in [-0.3, -0.25) is 4.18 Å². The first kappa shape index (κ1) is 33.5. The number of benzene rings is 3. The lowest BCUT2D eigenvalue weighted by molar-refractivity contribution is 0.0410. The van der Waals surface area contributed by atoms with Gasteiger partial charge in [-0.25, -0.2) is 17.3 Å². The molecule has 1 aliphatic carbocycles. The number of sulfonamides is 1. The first-order valence-electron chi connectivity index (χ1n) is 15.0. The fraction of sp³-hybridized carbons (Fsp3) is 0.441. The molecule has 232 valence electrons. The molecule has 2 atom stereocenters. The fourth-order valence-electron chi connectivity index (χ4n) is 5.89. The van der Waals surface area contributed by atoms with Crippen molar-refractivity contribution in [3.05, 3.63) is 101 Å². The average molecular weight is 643 g/mol. The molecule has 1 N–H and O–H groups in total. The largest absolute Gasteiger partial charge is 0.285 e. The van der Waals surface area contributed by atoms with Gasteiger partial charge < -0.3 is 0 Å². The van der Waals surface area contributed by atoms with Crippen LogP contribution in [0.2, 0.25) is 5.02 Å². The Kier molecular flexibility index (Phi) is 11.0. The highest BCUT2D eigenvalue weighted by Gasteiger charge is 2.46. The molecular formula is C34H43ClN2O4S2. The summed E-state index contributed by atoms with van der Waals surface area (Å²) in [5, 5.41) is 0.670. The first-order valence-corrected chi connectivity index (χ1v) is 17.9. The molecule has 43 heavy (non-hydrogen) atoms. The maximum Gasteiger partial charge on any atom is 0.285 e. The van der Waals surface area contributed by atoms with E-state index in [4.69, 9.17) is 20.2 Å². The van der Waals surface area contributed by atoms with Crippen LogP contribution in [0.1, 0.15) is 89.0 Å². The zero-order valence-electron chi connectivity index (χ0n) is 25.7. The van der Waals surface area contributed by atoms with Gasteiger partial charge in [-0.15, -0.1) is 0 Å². The van der Waals surface area contributed by atoms with Gasteiger partial charge in [0.2, 0.25) is 10.0 Å². The van der Waals surface area contributed by atoms with Crippen molar-refractivity contribution in [2.24, 2.45) is 10.3 Å². The summed E-state index contributed by atoms with van der Waals surface area (Å²) in [5.74, 6) is 0.293. The van der Waals surface area contributed by atoms with E-state index >= 15 is 0 Å². The third-order valence-electron chi connectivity index (χ3n) is 8.64. The highest BCUT2D eigenvalue weighted by Crippen LogP contribution is 2.47. The van der Waals surface area contributed by atoms with Crippen molar-refractivity contribution in [2.75, 3.05) is 0 Å². The first-order chi connectivity index (χ1) is 20.4. The van der Waals surface area contributed by atoms with E-state index in [1.807, 2.05) is 75.4 Å². The fourth-order valence-corrected chi connectivity index (χ4v) is 8.39. The monoisotopic (exact) mass is 642 g/mol. The Morgan fingerprint density at radius 3 is 2.12 bits per heavy atom. The standard InChI is InChI=1S/C34H43ClN2O4S2/c1-6-34(7-2,32(27-12-9-8-10-13-27)37-43(39,40)30-20-14-26(5)15-21-30)41-42(38)36-31(24-25(3)4)33(22-11-23-33)28-16-18-29(35)19-17-28/h8-10,12-21,25,32,37H,6-7,11,22-24H2,1-5H3/t32-,42-/m1/s1. The molecule has 0 amide bonds. The smallest absolute Gasteiger partial charge is 0.264 e. The highest BCUT2D eigenvalue weighted by atomic mass is 35.5. The predicted molar refractivity (Wildman–Crippen MR) is 177 cm³/mol. The van der Waals surface area contributed by atoms with E-state index in [9.17, 15) is 12.6 Å². The molecule has 0 saturated heterocycles.